The van der Waals surface area contributed by atoms with Crippen LogP contribution in [0.4, 0.5) is 5.82 Å². The molecule has 1 aromatic rings. The summed E-state index contributed by atoms with van der Waals surface area (Å²) in [5, 5.41) is 3.40. The number of nitrogens with one attached hydrogen (secondary N) is 1. The van der Waals surface area contributed by atoms with Crippen molar-refractivity contribution in [3.8, 4) is 0 Å². The van der Waals surface area contributed by atoms with E-state index >= 15 is 0 Å². The molecule has 0 bridgehead atoms. The van der Waals surface area contributed by atoms with Crippen LogP contribution in [0.5, 0.6) is 0 Å². The molecule has 0 aliphatic heterocycles. The number of nitrogens with zero attached hydrogens (tertiary/aromatic N) is 2. The zero-order chi connectivity index (χ0) is 14.4. The first kappa shape index (κ1) is 16.3. The van der Waals surface area contributed by atoms with E-state index in [0.717, 1.165) is 23.9 Å². The van der Waals surface area contributed by atoms with Gasteiger partial charge in [0.15, 0.2) is 0 Å². The van der Waals surface area contributed by atoms with Crippen LogP contribution in [-0.2, 0) is 5.75 Å². The number of thioether (sulfide) groups is 1. The topological polar surface area (TPSA) is 37.8 Å². The molecule has 0 unspecified atom stereocenters. The molecule has 2 rings (SSSR count). The fraction of sp³-hybridized carbons (Fsp3) is 0.733. The smallest absolute Gasteiger partial charge is 0.143 e. The van der Waals surface area contributed by atoms with Gasteiger partial charge < -0.3 is 5.32 Å². The second-order valence-corrected chi connectivity index (χ2v) is 7.44. The van der Waals surface area contributed by atoms with Gasteiger partial charge in [0.2, 0.25) is 0 Å². The zero-order valence-corrected chi connectivity index (χ0v) is 15.4. The van der Waals surface area contributed by atoms with E-state index in [1.54, 1.807) is 0 Å². The highest BCUT2D eigenvalue weighted by atomic mass is 127. The summed E-state index contributed by atoms with van der Waals surface area (Å²) < 4.78 is 1.24. The van der Waals surface area contributed by atoms with Crippen molar-refractivity contribution in [1.29, 1.82) is 0 Å². The van der Waals surface area contributed by atoms with E-state index in [0.29, 0.717) is 5.92 Å². The molecule has 1 N–H and O–H groups in total. The normalized spacial score (nSPS) is 15.8. The summed E-state index contributed by atoms with van der Waals surface area (Å²) in [5.74, 6) is 4.81. The maximum Gasteiger partial charge on any atom is 0.143 e. The molecule has 1 saturated carbocycles. The predicted octanol–water partition coefficient (Wildman–Crippen LogP) is 4.81. The Labute approximate surface area is 140 Å². The lowest BCUT2D eigenvalue weighted by Crippen LogP contribution is -2.11. The number of rotatable bonds is 7. The molecule has 3 nitrogen and oxygen atoms in total. The Balaban J connectivity index is 2.23. The Morgan fingerprint density at radius 3 is 2.65 bits per heavy atom. The molecular weight excluding hydrogens is 381 g/mol. The molecule has 0 amide bonds. The molecule has 1 aliphatic carbocycles. The largest absolute Gasteiger partial charge is 0.369 e. The van der Waals surface area contributed by atoms with Crippen LogP contribution in [0.25, 0.3) is 0 Å². The van der Waals surface area contributed by atoms with Crippen molar-refractivity contribution >= 4 is 40.2 Å². The second kappa shape index (κ2) is 8.41. The lowest BCUT2D eigenvalue weighted by atomic mass is 10.0. The molecule has 112 valence electrons. The van der Waals surface area contributed by atoms with E-state index in [1.165, 1.54) is 47.1 Å². The summed E-state index contributed by atoms with van der Waals surface area (Å²) in [5.41, 5.74) is 1.29. The van der Waals surface area contributed by atoms with Crippen molar-refractivity contribution in [2.75, 3.05) is 17.6 Å². The summed E-state index contributed by atoms with van der Waals surface area (Å²) in [6, 6.07) is 0. The molecule has 1 aliphatic rings. The van der Waals surface area contributed by atoms with Crippen molar-refractivity contribution in [1.82, 2.24) is 9.97 Å². The third-order valence-electron chi connectivity index (χ3n) is 3.59. The van der Waals surface area contributed by atoms with Crippen LogP contribution in [-0.4, -0.2) is 22.3 Å². The van der Waals surface area contributed by atoms with E-state index in [2.05, 4.69) is 41.8 Å². The van der Waals surface area contributed by atoms with Gasteiger partial charge in [0.25, 0.3) is 0 Å². The average Bonchev–Trinajstić information content (AvgIpc) is 2.96. The molecule has 0 spiro atoms. The van der Waals surface area contributed by atoms with Crippen LogP contribution in [0.2, 0.25) is 0 Å². The minimum Gasteiger partial charge on any atom is -0.369 e. The Hall–Kier alpha value is -0.0400. The highest BCUT2D eigenvalue weighted by molar-refractivity contribution is 14.1. The fourth-order valence-corrected chi connectivity index (χ4v) is 4.26. The Morgan fingerprint density at radius 1 is 1.25 bits per heavy atom. The van der Waals surface area contributed by atoms with E-state index in [4.69, 9.17) is 9.97 Å². The Kier molecular flexibility index (Phi) is 6.87. The standard InChI is InChI=1S/C15H24IN3S/c1-3-9-20-10-12-18-14(11-7-5-6-8-11)13(16)15(19-12)17-4-2/h11H,3-10H2,1-2H3,(H,17,18,19). The minimum absolute atomic E-state index is 0.650. The highest BCUT2D eigenvalue weighted by Crippen LogP contribution is 2.37. The minimum atomic E-state index is 0.650. The van der Waals surface area contributed by atoms with Gasteiger partial charge in [-0.3, -0.25) is 0 Å². The number of hydrogen-bond donors (Lipinski definition) is 1. The molecule has 0 saturated heterocycles. The van der Waals surface area contributed by atoms with Gasteiger partial charge in [-0.25, -0.2) is 9.97 Å². The predicted molar refractivity (Wildman–Crippen MR) is 96.6 cm³/mol. The van der Waals surface area contributed by atoms with Crippen LogP contribution in [0.1, 0.15) is 63.4 Å². The Morgan fingerprint density at radius 2 is 2.00 bits per heavy atom. The summed E-state index contributed by atoms with van der Waals surface area (Å²) in [6.45, 7) is 5.26. The third-order valence-corrected chi connectivity index (χ3v) is 5.81. The van der Waals surface area contributed by atoms with Crippen LogP contribution in [0.15, 0.2) is 0 Å². The van der Waals surface area contributed by atoms with Gasteiger partial charge in [-0.2, -0.15) is 11.8 Å². The van der Waals surface area contributed by atoms with Gasteiger partial charge >= 0.3 is 0 Å². The van der Waals surface area contributed by atoms with E-state index in [-0.39, 0.29) is 0 Å². The molecular formula is C15H24IN3S. The Bertz CT molecular complexity index is 433. The molecule has 1 fully saturated rings. The van der Waals surface area contributed by atoms with Crippen molar-refractivity contribution in [3.05, 3.63) is 15.1 Å². The highest BCUT2D eigenvalue weighted by Gasteiger charge is 2.23. The molecule has 5 heteroatoms. The van der Waals surface area contributed by atoms with Gasteiger partial charge in [-0.1, -0.05) is 19.8 Å². The van der Waals surface area contributed by atoms with Gasteiger partial charge in [0.1, 0.15) is 11.6 Å². The van der Waals surface area contributed by atoms with Crippen LogP contribution >= 0.6 is 34.4 Å². The van der Waals surface area contributed by atoms with Crippen LogP contribution < -0.4 is 5.32 Å². The fourth-order valence-electron chi connectivity index (χ4n) is 2.64. The van der Waals surface area contributed by atoms with Gasteiger partial charge in [-0.05, 0) is 54.5 Å². The van der Waals surface area contributed by atoms with E-state index < -0.39 is 0 Å². The van der Waals surface area contributed by atoms with Gasteiger partial charge in [0, 0.05) is 12.5 Å². The molecule has 1 heterocycles. The van der Waals surface area contributed by atoms with Gasteiger partial charge in [0.05, 0.1) is 15.0 Å². The molecule has 20 heavy (non-hydrogen) atoms. The van der Waals surface area contributed by atoms with Crippen molar-refractivity contribution in [3.63, 3.8) is 0 Å². The van der Waals surface area contributed by atoms with Crippen LogP contribution in [0.3, 0.4) is 0 Å². The first-order valence-electron chi connectivity index (χ1n) is 7.64. The zero-order valence-electron chi connectivity index (χ0n) is 12.4. The quantitative estimate of drug-likeness (QED) is 0.522. The van der Waals surface area contributed by atoms with Gasteiger partial charge in [-0.15, -0.1) is 0 Å². The van der Waals surface area contributed by atoms with Crippen molar-refractivity contribution in [2.24, 2.45) is 0 Å². The SMILES string of the molecule is CCCSCc1nc(NCC)c(I)c(C2CCCC2)n1. The summed E-state index contributed by atoms with van der Waals surface area (Å²) in [4.78, 5) is 9.60. The monoisotopic (exact) mass is 405 g/mol. The summed E-state index contributed by atoms with van der Waals surface area (Å²) in [6.07, 6.45) is 6.49. The summed E-state index contributed by atoms with van der Waals surface area (Å²) in [7, 11) is 0. The molecule has 0 radical (unpaired) electrons. The molecule has 0 atom stereocenters. The maximum atomic E-state index is 4.89. The lowest BCUT2D eigenvalue weighted by Gasteiger charge is -2.16. The number of anilines is 1. The first-order chi connectivity index (χ1) is 9.76. The number of hydrogen-bond acceptors (Lipinski definition) is 4. The number of aromatic nitrogens is 2. The summed E-state index contributed by atoms with van der Waals surface area (Å²) >= 11 is 4.36. The average molecular weight is 405 g/mol. The second-order valence-electron chi connectivity index (χ2n) is 5.25. The van der Waals surface area contributed by atoms with Crippen molar-refractivity contribution in [2.45, 2.75) is 57.6 Å². The molecule has 1 aromatic heterocycles. The maximum absolute atomic E-state index is 4.89. The van der Waals surface area contributed by atoms with Crippen molar-refractivity contribution < 1.29 is 0 Å². The van der Waals surface area contributed by atoms with E-state index in [9.17, 15) is 0 Å². The molecule has 0 aromatic carbocycles. The first-order valence-corrected chi connectivity index (χ1v) is 9.87. The third kappa shape index (κ3) is 4.23. The van der Waals surface area contributed by atoms with Crippen LogP contribution in [0, 0.1) is 3.57 Å². The van der Waals surface area contributed by atoms with E-state index in [1.807, 2.05) is 11.8 Å². The number of halogens is 1. The lowest BCUT2D eigenvalue weighted by molar-refractivity contribution is 0.683.